The zero-order valence-electron chi connectivity index (χ0n) is 27.6. The summed E-state index contributed by atoms with van der Waals surface area (Å²) in [5.74, 6) is -2.74. The minimum Gasteiger partial charge on any atom is -0.365 e. The number of nitrogens with zero attached hydrogens (tertiary/aromatic N) is 1. The van der Waals surface area contributed by atoms with Crippen LogP contribution in [-0.2, 0) is 30.4 Å². The van der Waals surface area contributed by atoms with Crippen LogP contribution in [0.15, 0.2) is 30.3 Å². The SMILES string of the molecule is CC(C)C(NC(O)N[C@H](C(=O)N1C[C@H]2C([C@H]1C(=O)NC(CC1CC1)C(=O)C(N)=O)C2(C)C)C(C)(C)C)C(=O)Cc1ccccc1. The molecule has 0 radical (unpaired) electrons. The van der Waals surface area contributed by atoms with Crippen molar-refractivity contribution in [3.05, 3.63) is 35.9 Å². The summed E-state index contributed by atoms with van der Waals surface area (Å²) in [5.41, 5.74) is 5.32. The summed E-state index contributed by atoms with van der Waals surface area (Å²) in [4.78, 5) is 67.2. The first-order valence-corrected chi connectivity index (χ1v) is 16.1. The van der Waals surface area contributed by atoms with Gasteiger partial charge in [0.25, 0.3) is 5.91 Å². The molecule has 1 saturated heterocycles. The van der Waals surface area contributed by atoms with Gasteiger partial charge in [0.15, 0.2) is 12.1 Å². The van der Waals surface area contributed by atoms with Gasteiger partial charge in [-0.1, -0.05) is 91.6 Å². The average molecular weight is 626 g/mol. The van der Waals surface area contributed by atoms with Crippen molar-refractivity contribution < 1.29 is 29.1 Å². The molecule has 2 aliphatic carbocycles. The second-order valence-electron chi connectivity index (χ2n) is 15.2. The van der Waals surface area contributed by atoms with Gasteiger partial charge in [0.05, 0.1) is 18.1 Å². The van der Waals surface area contributed by atoms with Gasteiger partial charge < -0.3 is 21.1 Å². The lowest BCUT2D eigenvalue weighted by atomic mass is 9.85. The number of carbonyl (C=O) groups excluding carboxylic acids is 5. The van der Waals surface area contributed by atoms with Crippen LogP contribution in [0.2, 0.25) is 0 Å². The number of Topliss-reactive ketones (excluding diaryl/α,β-unsaturated/α-hetero) is 2. The number of likely N-dealkylation sites (tertiary alicyclic amines) is 1. The highest BCUT2D eigenvalue weighted by atomic mass is 16.3. The van der Waals surface area contributed by atoms with Crippen LogP contribution in [0.5, 0.6) is 0 Å². The highest BCUT2D eigenvalue weighted by molar-refractivity contribution is 6.37. The molecule has 1 heterocycles. The first kappa shape index (κ1) is 34.7. The number of ketones is 2. The standard InChI is InChI=1S/C34H51N5O6/c1-18(2)25(23(40)16-19-11-9-8-10-12-19)37-32(45)38-28(33(3,4)5)31(44)39-17-21-24(34(21,6)7)26(39)30(43)36-22(15-20-13-14-20)27(41)29(35)42/h8-12,18,20-22,24-26,28,32,37-38,45H,13-17H2,1-7H3,(H2,35,42)(H,36,43)/t21-,22?,24?,25?,26-,28+,32?/m0/s1. The second kappa shape index (κ2) is 13.3. The van der Waals surface area contributed by atoms with E-state index in [2.05, 4.69) is 29.8 Å². The molecule has 11 heteroatoms. The lowest BCUT2D eigenvalue weighted by molar-refractivity contribution is -0.146. The molecular weight excluding hydrogens is 574 g/mol. The molecule has 4 rings (SSSR count). The average Bonchev–Trinajstić information content (AvgIpc) is 3.80. The number of fused-ring (bicyclic) bond motifs is 1. The molecule has 0 bridgehead atoms. The van der Waals surface area contributed by atoms with Gasteiger partial charge in [-0.25, -0.2) is 0 Å². The smallest absolute Gasteiger partial charge is 0.287 e. The highest BCUT2D eigenvalue weighted by Crippen LogP contribution is 2.65. The number of aliphatic hydroxyl groups excluding tert-OH is 1. The van der Waals surface area contributed by atoms with Crippen molar-refractivity contribution in [2.24, 2.45) is 40.2 Å². The molecular formula is C34H51N5O6. The Kier molecular flexibility index (Phi) is 10.3. The van der Waals surface area contributed by atoms with Crippen molar-refractivity contribution in [1.29, 1.82) is 0 Å². The van der Waals surface area contributed by atoms with Crippen molar-refractivity contribution >= 4 is 29.3 Å². The molecule has 3 aliphatic rings. The molecule has 3 amide bonds. The number of hydrogen-bond donors (Lipinski definition) is 5. The summed E-state index contributed by atoms with van der Waals surface area (Å²) in [6.07, 6.45) is 1.01. The van der Waals surface area contributed by atoms with E-state index < -0.39 is 53.5 Å². The van der Waals surface area contributed by atoms with Crippen LogP contribution in [0.25, 0.3) is 0 Å². The molecule has 3 fully saturated rings. The topological polar surface area (TPSA) is 171 Å². The van der Waals surface area contributed by atoms with Gasteiger partial charge in [0, 0.05) is 13.0 Å². The normalized spacial score (nSPS) is 24.7. The van der Waals surface area contributed by atoms with E-state index in [1.807, 2.05) is 65.0 Å². The van der Waals surface area contributed by atoms with E-state index in [1.165, 1.54) is 0 Å². The molecule has 1 aliphatic heterocycles. The Morgan fingerprint density at radius 2 is 1.67 bits per heavy atom. The van der Waals surface area contributed by atoms with Crippen LogP contribution in [0.3, 0.4) is 0 Å². The molecule has 2 saturated carbocycles. The molecule has 1 aromatic rings. The molecule has 7 atom stereocenters. The minimum atomic E-state index is -1.39. The van der Waals surface area contributed by atoms with Crippen LogP contribution in [0.4, 0.5) is 0 Å². The number of piperidine rings is 1. The van der Waals surface area contributed by atoms with Crippen molar-refractivity contribution in [2.45, 2.75) is 105 Å². The number of benzene rings is 1. The third-order valence-electron chi connectivity index (χ3n) is 9.91. The Labute approximate surface area is 266 Å². The van der Waals surface area contributed by atoms with Gasteiger partial charge in [0.1, 0.15) is 6.04 Å². The quantitative estimate of drug-likeness (QED) is 0.144. The van der Waals surface area contributed by atoms with E-state index in [9.17, 15) is 29.1 Å². The van der Waals surface area contributed by atoms with Crippen LogP contribution in [-0.4, -0.2) is 76.4 Å². The van der Waals surface area contributed by atoms with E-state index >= 15 is 0 Å². The predicted octanol–water partition coefficient (Wildman–Crippen LogP) is 1.51. The summed E-state index contributed by atoms with van der Waals surface area (Å²) >= 11 is 0. The monoisotopic (exact) mass is 625 g/mol. The minimum absolute atomic E-state index is 0.0828. The summed E-state index contributed by atoms with van der Waals surface area (Å²) in [6.45, 7) is 13.8. The van der Waals surface area contributed by atoms with Gasteiger partial charge in [0.2, 0.25) is 17.6 Å². The number of primary amides is 1. The first-order chi connectivity index (χ1) is 20.9. The zero-order valence-corrected chi connectivity index (χ0v) is 27.6. The number of amides is 3. The molecule has 45 heavy (non-hydrogen) atoms. The largest absolute Gasteiger partial charge is 0.365 e. The van der Waals surface area contributed by atoms with Gasteiger partial charge in [-0.2, -0.15) is 0 Å². The van der Waals surface area contributed by atoms with Crippen LogP contribution in [0, 0.1) is 34.5 Å². The van der Waals surface area contributed by atoms with Crippen molar-refractivity contribution in [3.63, 3.8) is 0 Å². The summed E-state index contributed by atoms with van der Waals surface area (Å²) in [5, 5.41) is 19.9. The Hall–Kier alpha value is -3.15. The maximum atomic E-state index is 14.3. The third-order valence-corrected chi connectivity index (χ3v) is 9.91. The van der Waals surface area contributed by atoms with Gasteiger partial charge in [-0.15, -0.1) is 0 Å². The second-order valence-corrected chi connectivity index (χ2v) is 15.2. The number of hydrogen-bond acceptors (Lipinski definition) is 8. The Bertz CT molecular complexity index is 1290. The van der Waals surface area contributed by atoms with Gasteiger partial charge >= 0.3 is 0 Å². The van der Waals surface area contributed by atoms with Crippen molar-refractivity contribution in [3.8, 4) is 0 Å². The number of aliphatic hydroxyl groups is 1. The van der Waals surface area contributed by atoms with E-state index in [0.717, 1.165) is 18.4 Å². The Morgan fingerprint density at radius 3 is 2.20 bits per heavy atom. The Balaban J connectivity index is 1.50. The molecule has 4 unspecified atom stereocenters. The Morgan fingerprint density at radius 1 is 1.04 bits per heavy atom. The van der Waals surface area contributed by atoms with Gasteiger partial charge in [-0.3, -0.25) is 34.6 Å². The predicted molar refractivity (Wildman–Crippen MR) is 169 cm³/mol. The van der Waals surface area contributed by atoms with E-state index in [1.54, 1.807) is 4.90 Å². The van der Waals surface area contributed by atoms with Crippen molar-refractivity contribution in [1.82, 2.24) is 20.9 Å². The fraction of sp³-hybridized carbons (Fsp3) is 0.676. The summed E-state index contributed by atoms with van der Waals surface area (Å²) in [6, 6.07) is 5.94. The number of nitrogens with one attached hydrogen (secondary N) is 3. The highest BCUT2D eigenvalue weighted by Gasteiger charge is 2.70. The first-order valence-electron chi connectivity index (χ1n) is 16.1. The molecule has 0 aromatic heterocycles. The number of nitrogens with two attached hydrogens (primary N) is 1. The summed E-state index contributed by atoms with van der Waals surface area (Å²) in [7, 11) is 0. The molecule has 248 valence electrons. The zero-order chi connectivity index (χ0) is 33.4. The van der Waals surface area contributed by atoms with Gasteiger partial charge in [-0.05, 0) is 46.5 Å². The fourth-order valence-electron chi connectivity index (χ4n) is 6.96. The molecule has 6 N–H and O–H groups in total. The van der Waals surface area contributed by atoms with Crippen LogP contribution >= 0.6 is 0 Å². The van der Waals surface area contributed by atoms with E-state index in [0.29, 0.717) is 13.0 Å². The van der Waals surface area contributed by atoms with Crippen molar-refractivity contribution in [2.75, 3.05) is 6.54 Å². The van der Waals surface area contributed by atoms with Crippen LogP contribution in [0.1, 0.15) is 73.3 Å². The number of carbonyl (C=O) groups is 5. The van der Waals surface area contributed by atoms with E-state index in [4.69, 9.17) is 5.73 Å². The number of rotatable bonds is 15. The fourth-order valence-corrected chi connectivity index (χ4v) is 6.96. The third kappa shape index (κ3) is 7.99. The molecule has 0 spiro atoms. The van der Waals surface area contributed by atoms with Crippen LogP contribution < -0.4 is 21.7 Å². The maximum Gasteiger partial charge on any atom is 0.287 e. The molecule has 11 nitrogen and oxygen atoms in total. The molecule has 1 aromatic carbocycles. The lowest BCUT2D eigenvalue weighted by Crippen LogP contribution is -2.63. The lowest BCUT2D eigenvalue weighted by Gasteiger charge is -2.39. The summed E-state index contributed by atoms with van der Waals surface area (Å²) < 4.78 is 0. The van der Waals surface area contributed by atoms with E-state index in [-0.39, 0.29) is 47.2 Å². The maximum absolute atomic E-state index is 14.3.